The lowest BCUT2D eigenvalue weighted by molar-refractivity contribution is -0.384. The van der Waals surface area contributed by atoms with Gasteiger partial charge in [0.2, 0.25) is 0 Å². The highest BCUT2D eigenvalue weighted by molar-refractivity contribution is 7.90. The molecule has 0 radical (unpaired) electrons. The quantitative estimate of drug-likeness (QED) is 0.0749. The van der Waals surface area contributed by atoms with Crippen LogP contribution < -0.4 is 29.1 Å². The maximum Gasteiger partial charge on any atom is 0.297 e. The number of likely N-dealkylation sites (tertiary alicyclic amines) is 1. The lowest BCUT2D eigenvalue weighted by Gasteiger charge is -2.56. The van der Waals surface area contributed by atoms with Gasteiger partial charge in [0, 0.05) is 73.9 Å². The summed E-state index contributed by atoms with van der Waals surface area (Å²) in [5.41, 5.74) is 4.21. The molecule has 2 atom stereocenters. The van der Waals surface area contributed by atoms with Crippen LogP contribution in [-0.2, 0) is 14.8 Å². The number of nitrogens with one attached hydrogen (secondary N) is 3. The predicted molar refractivity (Wildman–Crippen MR) is 254 cm³/mol. The minimum absolute atomic E-state index is 0.0168. The van der Waals surface area contributed by atoms with Crippen LogP contribution in [0.4, 0.5) is 17.1 Å². The lowest BCUT2D eigenvalue weighted by Crippen LogP contribution is -2.54. The first-order chi connectivity index (χ1) is 32.4. The number of carbonyl (C=O) groups excluding carboxylic acids is 1. The van der Waals surface area contributed by atoms with Crippen molar-refractivity contribution in [3.05, 3.63) is 99.7 Å². The number of nitro groups is 1. The molecule has 17 heteroatoms. The summed E-state index contributed by atoms with van der Waals surface area (Å²) in [6, 6.07) is 20.7. The third kappa shape index (κ3) is 8.88. The molecule has 1 aliphatic carbocycles. The first-order valence-corrected chi connectivity index (χ1v) is 25.3. The number of rotatable bonds is 13. The summed E-state index contributed by atoms with van der Waals surface area (Å²) < 4.78 is 54.1. The summed E-state index contributed by atoms with van der Waals surface area (Å²) in [7, 11) is -4.67. The van der Waals surface area contributed by atoms with E-state index in [1.54, 1.807) is 24.4 Å². The molecule has 3 saturated heterocycles. The number of piperidine rings is 1. The molecule has 0 unspecified atom stereocenters. The van der Waals surface area contributed by atoms with Crippen LogP contribution in [0.2, 0.25) is 0 Å². The average molecular weight is 934 g/mol. The summed E-state index contributed by atoms with van der Waals surface area (Å²) >= 11 is 0. The molecular weight excluding hydrogens is 875 g/mol. The monoisotopic (exact) mass is 933 g/mol. The van der Waals surface area contributed by atoms with E-state index >= 15 is 0 Å². The van der Waals surface area contributed by atoms with Crippen molar-refractivity contribution in [3.8, 4) is 23.1 Å². The van der Waals surface area contributed by atoms with Gasteiger partial charge in [-0.15, -0.1) is 0 Å². The van der Waals surface area contributed by atoms with Crippen molar-refractivity contribution in [2.24, 2.45) is 11.3 Å². The second kappa shape index (κ2) is 18.3. The highest BCUT2D eigenvalue weighted by Crippen LogP contribution is 2.54. The molecule has 10 rings (SSSR count). The van der Waals surface area contributed by atoms with Crippen LogP contribution in [0.5, 0.6) is 23.1 Å². The first kappa shape index (κ1) is 44.9. The van der Waals surface area contributed by atoms with Gasteiger partial charge in [-0.25, -0.2) is 13.1 Å². The molecule has 1 saturated carbocycles. The number of carbonyl (C=O) groups is 1. The number of aromatic amines is 1. The summed E-state index contributed by atoms with van der Waals surface area (Å²) in [6.45, 7) is 10.8. The Labute approximate surface area is 390 Å². The second-order valence-corrected chi connectivity index (χ2v) is 20.9. The van der Waals surface area contributed by atoms with Crippen molar-refractivity contribution in [3.63, 3.8) is 0 Å². The van der Waals surface area contributed by atoms with E-state index in [0.29, 0.717) is 43.5 Å². The number of ether oxygens (including phenoxy) is 4. The molecule has 3 aromatic carbocycles. The molecular formula is C50H59N7O9S. The zero-order valence-corrected chi connectivity index (χ0v) is 39.1. The van der Waals surface area contributed by atoms with Gasteiger partial charge in [0.15, 0.2) is 17.2 Å². The van der Waals surface area contributed by atoms with E-state index in [1.165, 1.54) is 42.9 Å². The molecule has 1 spiro atoms. The number of nitrogens with zero attached hydrogens (tertiary/aromatic N) is 4. The Morgan fingerprint density at radius 2 is 1.81 bits per heavy atom. The van der Waals surface area contributed by atoms with Crippen LogP contribution in [0.25, 0.3) is 11.0 Å². The number of amides is 1. The number of benzene rings is 3. The van der Waals surface area contributed by atoms with Crippen molar-refractivity contribution in [1.29, 1.82) is 0 Å². The van der Waals surface area contributed by atoms with Crippen LogP contribution in [0, 0.1) is 21.4 Å². The summed E-state index contributed by atoms with van der Waals surface area (Å²) in [5, 5.41) is 16.4. The highest BCUT2D eigenvalue weighted by Gasteiger charge is 2.50. The fourth-order valence-corrected chi connectivity index (χ4v) is 12.2. The van der Waals surface area contributed by atoms with Crippen molar-refractivity contribution in [2.75, 3.05) is 56.3 Å². The number of hydrogen-bond acceptors (Lipinski definition) is 13. The molecule has 67 heavy (non-hydrogen) atoms. The number of H-pyrrole nitrogens is 1. The van der Waals surface area contributed by atoms with Gasteiger partial charge in [0.1, 0.15) is 18.0 Å². The molecule has 4 aliphatic heterocycles. The second-order valence-electron chi connectivity index (χ2n) is 19.2. The molecule has 16 nitrogen and oxygen atoms in total. The van der Waals surface area contributed by atoms with E-state index in [2.05, 4.69) is 67.9 Å². The maximum atomic E-state index is 14.2. The first-order valence-electron chi connectivity index (χ1n) is 23.8. The third-order valence-corrected chi connectivity index (χ3v) is 16.1. The number of nitro benzene ring substituents is 1. The van der Waals surface area contributed by atoms with E-state index < -0.39 is 31.4 Å². The normalized spacial score (nSPS) is 21.1. The fraction of sp³-hybridized carbons (Fsp3) is 0.480. The average Bonchev–Trinajstić information content (AvgIpc) is 4.00. The maximum absolute atomic E-state index is 14.2. The molecule has 0 bridgehead atoms. The van der Waals surface area contributed by atoms with Gasteiger partial charge >= 0.3 is 0 Å². The van der Waals surface area contributed by atoms with E-state index in [0.717, 1.165) is 62.5 Å². The Hall–Kier alpha value is -5.91. The van der Waals surface area contributed by atoms with Crippen LogP contribution in [0.15, 0.2) is 77.8 Å². The van der Waals surface area contributed by atoms with Crippen LogP contribution in [0.1, 0.15) is 106 Å². The lowest BCUT2D eigenvalue weighted by atomic mass is 9.59. The minimum atomic E-state index is -4.67. The van der Waals surface area contributed by atoms with Gasteiger partial charge in [0.05, 0.1) is 28.0 Å². The standard InChI is InChI=1S/C50H59N7O9S/c1-4-64-49-45(24-33-13-18-51-47(33)53-49)66-43-25-34(55-20-16-50(17-21-55)28-35(29-50)56-19-7-10-41(56)38-9-6-5-8-37(38)31(2)3)11-12-39(43)48(58)54-67(61,62)36-26-42(57(59)60)46-44(27-36)65-30-40(52-46)32-14-22-63-23-15-32/h5-6,8-9,11-13,18,24-27,31-32,35,40-41,52H,4,7,10,14-17,19-23,28-30H2,1-3H3,(H,51,53)(H,54,58)/t40-,41+/m1/s1. The van der Waals surface area contributed by atoms with Crippen LogP contribution in [-0.4, -0.2) is 92.3 Å². The van der Waals surface area contributed by atoms with Crippen molar-refractivity contribution in [2.45, 2.75) is 101 Å². The Balaban J connectivity index is 0.887. The molecule has 2 aromatic heterocycles. The summed E-state index contributed by atoms with van der Waals surface area (Å²) in [4.78, 5) is 38.3. The van der Waals surface area contributed by atoms with Crippen molar-refractivity contribution < 1.29 is 37.1 Å². The molecule has 3 N–H and O–H groups in total. The van der Waals surface area contributed by atoms with E-state index in [1.807, 2.05) is 19.1 Å². The van der Waals surface area contributed by atoms with Crippen LogP contribution in [0.3, 0.4) is 0 Å². The largest absolute Gasteiger partial charge is 0.489 e. The van der Waals surface area contributed by atoms with Crippen molar-refractivity contribution in [1.82, 2.24) is 19.6 Å². The Bertz CT molecular complexity index is 2780. The van der Waals surface area contributed by atoms with Gasteiger partial charge < -0.3 is 34.1 Å². The smallest absolute Gasteiger partial charge is 0.297 e. The van der Waals surface area contributed by atoms with Gasteiger partial charge in [-0.05, 0) is 117 Å². The SMILES string of the molecule is CCOc1nc2[nH]ccc2cc1Oc1cc(N2CCC3(CC2)CC(N2CCC[C@H]2c2ccccc2C(C)C)C3)ccc1C(=O)NS(=O)(=O)c1cc2c(c([N+](=O)[O-])c1)N[C@@H](C1CCOCC1)CO2. The highest BCUT2D eigenvalue weighted by atomic mass is 32.2. The summed E-state index contributed by atoms with van der Waals surface area (Å²) in [5.74, 6) is 0.226. The molecule has 4 fully saturated rings. The number of sulfonamides is 1. The molecule has 6 heterocycles. The fourth-order valence-electron chi connectivity index (χ4n) is 11.2. The van der Waals surface area contributed by atoms with Crippen molar-refractivity contribution >= 4 is 44.0 Å². The minimum Gasteiger partial charge on any atom is -0.489 e. The number of anilines is 2. The number of fused-ring (bicyclic) bond motifs is 2. The zero-order chi connectivity index (χ0) is 46.5. The van der Waals surface area contributed by atoms with Crippen LogP contribution >= 0.6 is 0 Å². The molecule has 5 aliphatic rings. The number of aromatic nitrogens is 2. The Morgan fingerprint density at radius 3 is 2.57 bits per heavy atom. The van der Waals surface area contributed by atoms with Gasteiger partial charge in [-0.2, -0.15) is 4.98 Å². The van der Waals surface area contributed by atoms with E-state index in [-0.39, 0.29) is 58.4 Å². The third-order valence-electron chi connectivity index (χ3n) is 14.8. The zero-order valence-electron chi connectivity index (χ0n) is 38.3. The summed E-state index contributed by atoms with van der Waals surface area (Å²) in [6.07, 6.45) is 10.2. The Morgan fingerprint density at radius 1 is 1.01 bits per heavy atom. The molecule has 354 valence electrons. The van der Waals surface area contributed by atoms with E-state index in [4.69, 9.17) is 18.9 Å². The topological polar surface area (TPSA) is 190 Å². The molecule has 5 aromatic rings. The Kier molecular flexibility index (Phi) is 12.3. The number of pyridine rings is 1. The van der Waals surface area contributed by atoms with E-state index in [9.17, 15) is 23.3 Å². The predicted octanol–water partition coefficient (Wildman–Crippen LogP) is 9.09. The molecule has 1 amide bonds. The van der Waals surface area contributed by atoms with Gasteiger partial charge in [0.25, 0.3) is 27.5 Å². The number of hydrogen-bond donors (Lipinski definition) is 3. The van der Waals surface area contributed by atoms with Gasteiger partial charge in [-0.1, -0.05) is 38.1 Å². The van der Waals surface area contributed by atoms with Gasteiger partial charge in [-0.3, -0.25) is 19.8 Å².